The van der Waals surface area contributed by atoms with E-state index in [1.807, 2.05) is 19.1 Å². The van der Waals surface area contributed by atoms with E-state index in [0.717, 1.165) is 5.69 Å². The molecule has 0 saturated carbocycles. The zero-order chi connectivity index (χ0) is 13.1. The summed E-state index contributed by atoms with van der Waals surface area (Å²) in [5, 5.41) is 2.99. The summed E-state index contributed by atoms with van der Waals surface area (Å²) in [5.41, 5.74) is 7.17. The van der Waals surface area contributed by atoms with Crippen molar-refractivity contribution in [3.05, 3.63) is 52.7 Å². The number of nitrogens with one attached hydrogen (secondary N) is 1. The first-order valence-corrected chi connectivity index (χ1v) is 5.74. The number of aromatic nitrogens is 1. The fraction of sp³-hybridized carbons (Fsp3) is 0.0769. The molecule has 2 rings (SSSR count). The lowest BCUT2D eigenvalue weighted by Gasteiger charge is -2.08. The molecule has 1 heterocycles. The lowest BCUT2D eigenvalue weighted by atomic mass is 10.1. The van der Waals surface area contributed by atoms with E-state index < -0.39 is 0 Å². The van der Waals surface area contributed by atoms with Crippen LogP contribution in [-0.2, 0) is 0 Å². The Bertz CT molecular complexity index is 578. The third-order valence-corrected chi connectivity index (χ3v) is 2.72. The number of rotatable bonds is 2. The molecular weight excluding hydrogens is 250 g/mol. The highest BCUT2D eigenvalue weighted by Gasteiger charge is 2.14. The van der Waals surface area contributed by atoms with E-state index >= 15 is 0 Å². The normalized spacial score (nSPS) is 10.1. The Morgan fingerprint density at radius 2 is 2.00 bits per heavy atom. The van der Waals surface area contributed by atoms with Gasteiger partial charge in [0.05, 0.1) is 10.6 Å². The van der Waals surface area contributed by atoms with Crippen LogP contribution in [0.1, 0.15) is 16.1 Å². The lowest BCUT2D eigenvalue weighted by Crippen LogP contribution is -2.15. The summed E-state index contributed by atoms with van der Waals surface area (Å²) in [5.74, 6) is 0.107. The highest BCUT2D eigenvalue weighted by atomic mass is 35.5. The van der Waals surface area contributed by atoms with E-state index in [2.05, 4.69) is 10.3 Å². The van der Waals surface area contributed by atoms with Crippen molar-refractivity contribution in [1.82, 2.24) is 4.98 Å². The third-order valence-electron chi connectivity index (χ3n) is 2.40. The molecule has 0 bridgehead atoms. The molecule has 4 nitrogen and oxygen atoms in total. The van der Waals surface area contributed by atoms with Gasteiger partial charge in [0.15, 0.2) is 0 Å². The Morgan fingerprint density at radius 1 is 1.28 bits per heavy atom. The average molecular weight is 262 g/mol. The highest BCUT2D eigenvalue weighted by molar-refractivity contribution is 6.35. The molecule has 0 aliphatic carbocycles. The standard InChI is InChI=1S/C13H12ClN3O/c1-8-4-2-7-11(16-8)17-13(18)12-9(14)5-3-6-10(12)15/h2-7H,15H2,1H3,(H,16,17,18). The Hall–Kier alpha value is -2.07. The first kappa shape index (κ1) is 12.4. The predicted octanol–water partition coefficient (Wildman–Crippen LogP) is 2.88. The number of nitrogens with two attached hydrogens (primary N) is 1. The molecule has 1 aromatic carbocycles. The van der Waals surface area contributed by atoms with Crippen LogP contribution in [0.25, 0.3) is 0 Å². The van der Waals surface area contributed by atoms with Crippen molar-refractivity contribution in [3.63, 3.8) is 0 Å². The molecule has 92 valence electrons. The molecule has 18 heavy (non-hydrogen) atoms. The van der Waals surface area contributed by atoms with Gasteiger partial charge in [-0.15, -0.1) is 0 Å². The van der Waals surface area contributed by atoms with Crippen LogP contribution >= 0.6 is 11.6 Å². The number of carbonyl (C=O) groups excluding carboxylic acids is 1. The van der Waals surface area contributed by atoms with Gasteiger partial charge in [0.2, 0.25) is 0 Å². The van der Waals surface area contributed by atoms with Crippen LogP contribution in [0, 0.1) is 6.92 Å². The van der Waals surface area contributed by atoms with Gasteiger partial charge < -0.3 is 11.1 Å². The van der Waals surface area contributed by atoms with E-state index in [9.17, 15) is 4.79 Å². The van der Waals surface area contributed by atoms with Gasteiger partial charge in [-0.05, 0) is 31.2 Å². The van der Waals surface area contributed by atoms with Gasteiger partial charge in [0.1, 0.15) is 5.82 Å². The van der Waals surface area contributed by atoms with Gasteiger partial charge in [-0.3, -0.25) is 4.79 Å². The summed E-state index contributed by atoms with van der Waals surface area (Å²) < 4.78 is 0. The number of halogens is 1. The van der Waals surface area contributed by atoms with Crippen molar-refractivity contribution >= 4 is 29.0 Å². The zero-order valence-corrected chi connectivity index (χ0v) is 10.5. The summed E-state index contributed by atoms with van der Waals surface area (Å²) in [7, 11) is 0. The van der Waals surface area contributed by atoms with Crippen molar-refractivity contribution in [2.45, 2.75) is 6.92 Å². The fourth-order valence-corrected chi connectivity index (χ4v) is 1.84. The van der Waals surface area contributed by atoms with Crippen LogP contribution in [0.2, 0.25) is 5.02 Å². The maximum absolute atomic E-state index is 12.1. The molecular formula is C13H12ClN3O. The molecule has 3 N–H and O–H groups in total. The largest absolute Gasteiger partial charge is 0.398 e. The molecule has 0 unspecified atom stereocenters. The van der Waals surface area contributed by atoms with E-state index in [1.165, 1.54) is 0 Å². The van der Waals surface area contributed by atoms with Crippen LogP contribution in [0.4, 0.5) is 11.5 Å². The van der Waals surface area contributed by atoms with E-state index in [4.69, 9.17) is 17.3 Å². The molecule has 0 atom stereocenters. The van der Waals surface area contributed by atoms with E-state index in [-0.39, 0.29) is 11.5 Å². The van der Waals surface area contributed by atoms with Crippen molar-refractivity contribution in [2.75, 3.05) is 11.1 Å². The van der Waals surface area contributed by atoms with E-state index in [1.54, 1.807) is 24.3 Å². The van der Waals surface area contributed by atoms with Crippen LogP contribution in [0.15, 0.2) is 36.4 Å². The number of pyridine rings is 1. The molecule has 0 aliphatic heterocycles. The SMILES string of the molecule is Cc1cccc(NC(=O)c2c(N)cccc2Cl)n1. The van der Waals surface area contributed by atoms with Gasteiger partial charge in [-0.2, -0.15) is 0 Å². The number of aryl methyl sites for hydroxylation is 1. The van der Waals surface area contributed by atoms with Crippen LogP contribution in [0.5, 0.6) is 0 Å². The quantitative estimate of drug-likeness (QED) is 0.817. The van der Waals surface area contributed by atoms with Gasteiger partial charge in [-0.25, -0.2) is 4.98 Å². The number of hydrogen-bond donors (Lipinski definition) is 2. The van der Waals surface area contributed by atoms with Crippen molar-refractivity contribution in [2.24, 2.45) is 0 Å². The van der Waals surface area contributed by atoms with Gasteiger partial charge >= 0.3 is 0 Å². The summed E-state index contributed by atoms with van der Waals surface area (Å²) >= 11 is 5.96. The number of hydrogen-bond acceptors (Lipinski definition) is 3. The molecule has 0 radical (unpaired) electrons. The maximum Gasteiger partial charge on any atom is 0.260 e. The molecule has 1 amide bonds. The zero-order valence-electron chi connectivity index (χ0n) is 9.77. The second-order valence-corrected chi connectivity index (χ2v) is 4.23. The average Bonchev–Trinajstić information content (AvgIpc) is 2.28. The number of carbonyl (C=O) groups is 1. The fourth-order valence-electron chi connectivity index (χ4n) is 1.57. The summed E-state index contributed by atoms with van der Waals surface area (Å²) in [6.07, 6.45) is 0. The number of nitrogens with zero attached hydrogens (tertiary/aromatic N) is 1. The molecule has 5 heteroatoms. The maximum atomic E-state index is 12.1. The molecule has 0 saturated heterocycles. The Balaban J connectivity index is 2.28. The smallest absolute Gasteiger partial charge is 0.260 e. The lowest BCUT2D eigenvalue weighted by molar-refractivity contribution is 0.102. The number of benzene rings is 1. The van der Waals surface area contributed by atoms with Crippen molar-refractivity contribution in [3.8, 4) is 0 Å². The van der Waals surface area contributed by atoms with E-state index in [0.29, 0.717) is 16.5 Å². The summed E-state index contributed by atoms with van der Waals surface area (Å²) in [6.45, 7) is 1.85. The van der Waals surface area contributed by atoms with Crippen molar-refractivity contribution in [1.29, 1.82) is 0 Å². The number of amides is 1. The monoisotopic (exact) mass is 261 g/mol. The molecule has 0 fully saturated rings. The Labute approximate surface area is 110 Å². The van der Waals surface area contributed by atoms with Crippen LogP contribution in [0.3, 0.4) is 0 Å². The Kier molecular flexibility index (Phi) is 3.48. The second-order valence-electron chi connectivity index (χ2n) is 3.82. The molecule has 0 aliphatic rings. The van der Waals surface area contributed by atoms with Crippen molar-refractivity contribution < 1.29 is 4.79 Å². The highest BCUT2D eigenvalue weighted by Crippen LogP contribution is 2.22. The minimum absolute atomic E-state index is 0.266. The molecule has 0 spiro atoms. The Morgan fingerprint density at radius 3 is 2.67 bits per heavy atom. The van der Waals surface area contributed by atoms with Crippen LogP contribution < -0.4 is 11.1 Å². The summed E-state index contributed by atoms with van der Waals surface area (Å²) in [4.78, 5) is 16.2. The third kappa shape index (κ3) is 2.60. The van der Waals surface area contributed by atoms with Crippen LogP contribution in [-0.4, -0.2) is 10.9 Å². The summed E-state index contributed by atoms with van der Waals surface area (Å²) in [6, 6.07) is 10.3. The topological polar surface area (TPSA) is 68.0 Å². The second kappa shape index (κ2) is 5.06. The van der Waals surface area contributed by atoms with Gasteiger partial charge in [0, 0.05) is 11.4 Å². The first-order valence-electron chi connectivity index (χ1n) is 5.37. The van der Waals surface area contributed by atoms with Gasteiger partial charge in [-0.1, -0.05) is 23.7 Å². The molecule has 1 aromatic heterocycles. The number of nitrogen functional groups attached to an aromatic ring is 1. The minimum Gasteiger partial charge on any atom is -0.398 e. The molecule has 2 aromatic rings. The minimum atomic E-state index is -0.365. The first-order chi connectivity index (χ1) is 8.58. The number of anilines is 2. The van der Waals surface area contributed by atoms with Gasteiger partial charge in [0.25, 0.3) is 5.91 Å². The predicted molar refractivity (Wildman–Crippen MR) is 72.8 cm³/mol.